The van der Waals surface area contributed by atoms with Crippen molar-refractivity contribution >= 4 is 27.1 Å². The second-order valence-corrected chi connectivity index (χ2v) is 7.73. The average molecular weight is 361 g/mol. The van der Waals surface area contributed by atoms with Crippen molar-refractivity contribution in [3.63, 3.8) is 0 Å². The highest BCUT2D eigenvalue weighted by molar-refractivity contribution is 7.92. The number of nitrogens with one attached hydrogen (secondary N) is 1. The summed E-state index contributed by atoms with van der Waals surface area (Å²) in [5.41, 5.74) is 1.68. The summed E-state index contributed by atoms with van der Waals surface area (Å²) in [6.07, 6.45) is 2.33. The molecule has 1 saturated heterocycles. The summed E-state index contributed by atoms with van der Waals surface area (Å²) in [5.74, 6) is 0. The molecule has 1 aliphatic heterocycles. The summed E-state index contributed by atoms with van der Waals surface area (Å²) >= 11 is 0. The molecule has 132 valence electrons. The minimum Gasteiger partial charge on any atom is -0.372 e. The van der Waals surface area contributed by atoms with Crippen LogP contribution in [0.25, 0.3) is 0 Å². The molecule has 0 spiro atoms. The van der Waals surface area contributed by atoms with Gasteiger partial charge in [0.25, 0.3) is 15.7 Å². The zero-order chi connectivity index (χ0) is 18.0. The van der Waals surface area contributed by atoms with Crippen molar-refractivity contribution in [1.82, 2.24) is 0 Å². The first kappa shape index (κ1) is 17.2. The van der Waals surface area contributed by atoms with Gasteiger partial charge in [-0.2, -0.15) is 0 Å². The molecule has 1 heterocycles. The van der Waals surface area contributed by atoms with Gasteiger partial charge in [-0.1, -0.05) is 6.07 Å². The van der Waals surface area contributed by atoms with Gasteiger partial charge in [0.05, 0.1) is 9.82 Å². The molecule has 0 aromatic heterocycles. The third kappa shape index (κ3) is 3.74. The molecule has 3 rings (SSSR count). The van der Waals surface area contributed by atoms with Crippen LogP contribution in [0.1, 0.15) is 18.4 Å². The van der Waals surface area contributed by atoms with Crippen molar-refractivity contribution in [3.8, 4) is 0 Å². The van der Waals surface area contributed by atoms with Gasteiger partial charge >= 0.3 is 0 Å². The quantitative estimate of drug-likeness (QED) is 0.651. The number of hydrogen-bond donors (Lipinski definition) is 1. The van der Waals surface area contributed by atoms with Crippen molar-refractivity contribution < 1.29 is 13.3 Å². The van der Waals surface area contributed by atoms with Crippen molar-refractivity contribution in [2.45, 2.75) is 24.7 Å². The number of nitro benzene ring substituents is 1. The molecule has 1 aliphatic rings. The fraction of sp³-hybridized carbons (Fsp3) is 0.294. The third-order valence-corrected chi connectivity index (χ3v) is 5.66. The van der Waals surface area contributed by atoms with E-state index in [-0.39, 0.29) is 10.6 Å². The zero-order valence-corrected chi connectivity index (χ0v) is 14.6. The topological polar surface area (TPSA) is 92.6 Å². The van der Waals surface area contributed by atoms with E-state index in [2.05, 4.69) is 9.62 Å². The molecule has 2 aromatic rings. The molecular formula is C17H19N3O4S. The molecule has 0 saturated carbocycles. The Balaban J connectivity index is 1.81. The van der Waals surface area contributed by atoms with Gasteiger partial charge in [0, 0.05) is 36.1 Å². The van der Waals surface area contributed by atoms with Crippen LogP contribution < -0.4 is 9.62 Å². The van der Waals surface area contributed by atoms with E-state index in [9.17, 15) is 18.5 Å². The van der Waals surface area contributed by atoms with Crippen molar-refractivity contribution in [2.24, 2.45) is 0 Å². The maximum Gasteiger partial charge on any atom is 0.273 e. The second kappa shape index (κ2) is 6.72. The van der Waals surface area contributed by atoms with Crippen LogP contribution in [0.15, 0.2) is 47.4 Å². The molecule has 1 N–H and O–H groups in total. The summed E-state index contributed by atoms with van der Waals surface area (Å²) in [4.78, 5) is 12.5. The molecule has 2 aromatic carbocycles. The van der Waals surface area contributed by atoms with Gasteiger partial charge in [0.15, 0.2) is 0 Å². The minimum atomic E-state index is -3.89. The fourth-order valence-corrected chi connectivity index (χ4v) is 3.96. The molecule has 0 radical (unpaired) electrons. The Kier molecular flexibility index (Phi) is 4.63. The van der Waals surface area contributed by atoms with E-state index in [4.69, 9.17) is 0 Å². The van der Waals surface area contributed by atoms with Gasteiger partial charge in [-0.05, 0) is 50.1 Å². The van der Waals surface area contributed by atoms with Crippen LogP contribution in [0.3, 0.4) is 0 Å². The molecule has 1 fully saturated rings. The van der Waals surface area contributed by atoms with Crippen LogP contribution in [0, 0.1) is 17.0 Å². The molecule has 0 aliphatic carbocycles. The predicted octanol–water partition coefficient (Wildman–Crippen LogP) is 3.30. The summed E-state index contributed by atoms with van der Waals surface area (Å²) < 4.78 is 27.4. The standard InChI is InChI=1S/C17H19N3O4S/c1-13-4-9-16(12-17(13)20(21)22)25(23,24)18-14-5-7-15(8-6-14)19-10-2-3-11-19/h4-9,12,18H,2-3,10-11H2,1H3. The molecule has 0 atom stereocenters. The third-order valence-electron chi connectivity index (χ3n) is 4.28. The lowest BCUT2D eigenvalue weighted by molar-refractivity contribution is -0.385. The fourth-order valence-electron chi connectivity index (χ4n) is 2.88. The molecular weight excluding hydrogens is 342 g/mol. The van der Waals surface area contributed by atoms with Crippen LogP contribution in [-0.4, -0.2) is 26.4 Å². The number of nitro groups is 1. The van der Waals surface area contributed by atoms with Crippen LogP contribution in [0.4, 0.5) is 17.1 Å². The van der Waals surface area contributed by atoms with Gasteiger partial charge in [-0.15, -0.1) is 0 Å². The zero-order valence-electron chi connectivity index (χ0n) is 13.8. The SMILES string of the molecule is Cc1ccc(S(=O)(=O)Nc2ccc(N3CCCC3)cc2)cc1[N+](=O)[O-]. The second-order valence-electron chi connectivity index (χ2n) is 6.05. The van der Waals surface area contributed by atoms with Crippen molar-refractivity contribution in [1.29, 1.82) is 0 Å². The van der Waals surface area contributed by atoms with Crippen LogP contribution >= 0.6 is 0 Å². The summed E-state index contributed by atoms with van der Waals surface area (Å²) in [7, 11) is -3.89. The number of hydrogen-bond acceptors (Lipinski definition) is 5. The Labute approximate surface area is 146 Å². The summed E-state index contributed by atoms with van der Waals surface area (Å²) in [6, 6.07) is 11.0. The van der Waals surface area contributed by atoms with E-state index in [1.807, 2.05) is 12.1 Å². The highest BCUT2D eigenvalue weighted by Crippen LogP contribution is 2.26. The lowest BCUT2D eigenvalue weighted by Gasteiger charge is -2.18. The van der Waals surface area contributed by atoms with Gasteiger partial charge in [0.2, 0.25) is 0 Å². The number of nitrogens with zero attached hydrogens (tertiary/aromatic N) is 2. The van der Waals surface area contributed by atoms with Gasteiger partial charge in [0.1, 0.15) is 0 Å². The van der Waals surface area contributed by atoms with E-state index < -0.39 is 14.9 Å². The van der Waals surface area contributed by atoms with Crippen molar-refractivity contribution in [3.05, 3.63) is 58.1 Å². The monoisotopic (exact) mass is 361 g/mol. The van der Waals surface area contributed by atoms with E-state index in [1.54, 1.807) is 19.1 Å². The molecule has 8 heteroatoms. The molecule has 0 bridgehead atoms. The van der Waals surface area contributed by atoms with E-state index in [0.29, 0.717) is 11.3 Å². The molecule has 25 heavy (non-hydrogen) atoms. The highest BCUT2D eigenvalue weighted by Gasteiger charge is 2.20. The minimum absolute atomic E-state index is 0.131. The summed E-state index contributed by atoms with van der Waals surface area (Å²) in [6.45, 7) is 3.59. The Morgan fingerprint density at radius 1 is 1.08 bits per heavy atom. The van der Waals surface area contributed by atoms with Crippen molar-refractivity contribution in [2.75, 3.05) is 22.7 Å². The Morgan fingerprint density at radius 2 is 1.72 bits per heavy atom. The Morgan fingerprint density at radius 3 is 2.32 bits per heavy atom. The van der Waals surface area contributed by atoms with E-state index in [0.717, 1.165) is 24.8 Å². The first-order chi connectivity index (χ1) is 11.9. The van der Waals surface area contributed by atoms with Crippen LogP contribution in [-0.2, 0) is 10.0 Å². The molecule has 7 nitrogen and oxygen atoms in total. The van der Waals surface area contributed by atoms with E-state index >= 15 is 0 Å². The number of sulfonamides is 1. The van der Waals surface area contributed by atoms with Gasteiger partial charge in [-0.3, -0.25) is 14.8 Å². The van der Waals surface area contributed by atoms with Crippen LogP contribution in [0.2, 0.25) is 0 Å². The Hall–Kier alpha value is -2.61. The number of anilines is 2. The maximum absolute atomic E-state index is 12.5. The smallest absolute Gasteiger partial charge is 0.273 e. The predicted molar refractivity (Wildman–Crippen MR) is 96.5 cm³/mol. The molecule has 0 amide bonds. The number of rotatable bonds is 5. The highest BCUT2D eigenvalue weighted by atomic mass is 32.2. The maximum atomic E-state index is 12.5. The van der Waals surface area contributed by atoms with Gasteiger partial charge < -0.3 is 4.90 Å². The largest absolute Gasteiger partial charge is 0.372 e. The normalized spacial score (nSPS) is 14.5. The van der Waals surface area contributed by atoms with Crippen LogP contribution in [0.5, 0.6) is 0 Å². The lowest BCUT2D eigenvalue weighted by atomic mass is 10.2. The first-order valence-corrected chi connectivity index (χ1v) is 9.48. The Bertz CT molecular complexity index is 889. The lowest BCUT2D eigenvalue weighted by Crippen LogP contribution is -2.17. The number of benzene rings is 2. The first-order valence-electron chi connectivity index (χ1n) is 8.00. The number of aryl methyl sites for hydroxylation is 1. The summed E-state index contributed by atoms with van der Waals surface area (Å²) in [5, 5.41) is 11.0. The van der Waals surface area contributed by atoms with Gasteiger partial charge in [-0.25, -0.2) is 8.42 Å². The van der Waals surface area contributed by atoms with E-state index in [1.165, 1.54) is 25.0 Å². The molecule has 0 unspecified atom stereocenters. The average Bonchev–Trinajstić information content (AvgIpc) is 3.09.